The van der Waals surface area contributed by atoms with Gasteiger partial charge in [-0.3, -0.25) is 4.79 Å². The third-order valence-corrected chi connectivity index (χ3v) is 3.57. The molecule has 0 heterocycles. The van der Waals surface area contributed by atoms with Crippen molar-refractivity contribution in [3.8, 4) is 5.75 Å². The summed E-state index contributed by atoms with van der Waals surface area (Å²) in [7, 11) is 3.15. The summed E-state index contributed by atoms with van der Waals surface area (Å²) < 4.78 is 82.1. The molecule has 146 valence electrons. The number of carbonyl (C=O) groups excluding carboxylic acids is 1. The highest BCUT2D eigenvalue weighted by atomic mass is 19.4. The maximum absolute atomic E-state index is 12.8. The summed E-state index contributed by atoms with van der Waals surface area (Å²) in [5.41, 5.74) is -2.02. The zero-order valence-corrected chi connectivity index (χ0v) is 14.3. The number of rotatable bonds is 4. The minimum atomic E-state index is -4.94. The van der Waals surface area contributed by atoms with E-state index in [1.165, 1.54) is 29.2 Å². The lowest BCUT2D eigenvalue weighted by molar-refractivity contribution is -0.143. The molecule has 0 aliphatic carbocycles. The molecule has 2 aromatic rings. The second-order valence-electron chi connectivity index (χ2n) is 5.93. The van der Waals surface area contributed by atoms with E-state index < -0.39 is 29.2 Å². The van der Waals surface area contributed by atoms with Crippen LogP contribution in [0.3, 0.4) is 0 Å². The van der Waals surface area contributed by atoms with Crippen LogP contribution in [0.1, 0.15) is 27.0 Å². The number of ether oxygens (including phenoxy) is 1. The van der Waals surface area contributed by atoms with Crippen LogP contribution in [0.15, 0.2) is 42.5 Å². The zero-order valence-electron chi connectivity index (χ0n) is 14.3. The Kier molecular flexibility index (Phi) is 5.72. The molecule has 3 nitrogen and oxygen atoms in total. The van der Waals surface area contributed by atoms with Crippen molar-refractivity contribution in [3.05, 3.63) is 64.7 Å². The van der Waals surface area contributed by atoms with Gasteiger partial charge in [0.2, 0.25) is 0 Å². The predicted molar refractivity (Wildman–Crippen MR) is 85.2 cm³/mol. The fourth-order valence-corrected chi connectivity index (χ4v) is 2.18. The fraction of sp³-hybridized carbons (Fsp3) is 0.278. The highest BCUT2D eigenvalue weighted by Crippen LogP contribution is 2.38. The summed E-state index contributed by atoms with van der Waals surface area (Å²) in [5.74, 6) is -0.791. The Hall–Kier alpha value is -2.71. The van der Waals surface area contributed by atoms with Crippen LogP contribution in [0.5, 0.6) is 5.75 Å². The maximum Gasteiger partial charge on any atom is 0.416 e. The summed E-state index contributed by atoms with van der Waals surface area (Å²) in [6.07, 6.45) is -9.87. The maximum atomic E-state index is 12.8. The Morgan fingerprint density at radius 1 is 0.889 bits per heavy atom. The Balaban J connectivity index is 2.21. The number of benzene rings is 2. The summed E-state index contributed by atoms with van der Waals surface area (Å²) in [5, 5.41) is 0. The van der Waals surface area contributed by atoms with Gasteiger partial charge in [0, 0.05) is 19.7 Å². The van der Waals surface area contributed by atoms with Gasteiger partial charge in [-0.05, 0) is 35.9 Å². The minimum Gasteiger partial charge on any atom is -0.489 e. The molecule has 1 amide bonds. The van der Waals surface area contributed by atoms with Crippen LogP contribution in [0.4, 0.5) is 26.3 Å². The summed E-state index contributed by atoms with van der Waals surface area (Å²) in [6.45, 7) is -0.255. The molecular weight excluding hydrogens is 376 g/mol. The zero-order chi connectivity index (χ0) is 20.4. The molecule has 0 spiro atoms. The van der Waals surface area contributed by atoms with Gasteiger partial charge in [0.1, 0.15) is 12.4 Å². The van der Waals surface area contributed by atoms with Crippen LogP contribution in [0.25, 0.3) is 0 Å². The number of halogens is 6. The molecule has 0 aliphatic rings. The average Bonchev–Trinajstić information content (AvgIpc) is 2.58. The number of alkyl halides is 6. The molecular formula is C18H15F6NO2. The number of nitrogens with zero attached hydrogens (tertiary/aromatic N) is 1. The van der Waals surface area contributed by atoms with Crippen LogP contribution in [-0.2, 0) is 19.0 Å². The predicted octanol–water partition coefficient (Wildman–Crippen LogP) is 5.01. The Morgan fingerprint density at radius 3 is 1.78 bits per heavy atom. The lowest BCUT2D eigenvalue weighted by Gasteiger charge is -2.15. The van der Waals surface area contributed by atoms with E-state index in [9.17, 15) is 31.1 Å². The molecule has 0 saturated heterocycles. The third-order valence-electron chi connectivity index (χ3n) is 3.57. The molecule has 9 heteroatoms. The molecule has 0 fully saturated rings. The van der Waals surface area contributed by atoms with Gasteiger partial charge in [0.25, 0.3) is 5.91 Å². The summed E-state index contributed by atoms with van der Waals surface area (Å²) >= 11 is 0. The van der Waals surface area contributed by atoms with E-state index >= 15 is 0 Å². The standard InChI is InChI=1S/C18H15F6NO2/c1-25(2)16(26)12-5-3-11(4-6-12)10-27-15-8-13(17(19,20)21)7-14(9-15)18(22,23)24/h3-9H,10H2,1-2H3. The van der Waals surface area contributed by atoms with Gasteiger partial charge in [-0.15, -0.1) is 0 Å². The van der Waals surface area contributed by atoms with E-state index in [1.54, 1.807) is 14.1 Å². The molecule has 0 aromatic heterocycles. The third kappa shape index (κ3) is 5.38. The lowest BCUT2D eigenvalue weighted by atomic mass is 10.1. The highest BCUT2D eigenvalue weighted by molar-refractivity contribution is 5.93. The normalized spacial score (nSPS) is 12.0. The molecule has 0 bridgehead atoms. The van der Waals surface area contributed by atoms with Gasteiger partial charge in [-0.1, -0.05) is 12.1 Å². The molecule has 0 aliphatic heterocycles. The number of carbonyl (C=O) groups is 1. The van der Waals surface area contributed by atoms with Crippen molar-refractivity contribution in [2.45, 2.75) is 19.0 Å². The van der Waals surface area contributed by atoms with Crippen LogP contribution in [0.2, 0.25) is 0 Å². The van der Waals surface area contributed by atoms with Crippen molar-refractivity contribution in [2.24, 2.45) is 0 Å². The van der Waals surface area contributed by atoms with Gasteiger partial charge in [-0.25, -0.2) is 0 Å². The average molecular weight is 391 g/mol. The Morgan fingerprint density at radius 2 is 1.37 bits per heavy atom. The van der Waals surface area contributed by atoms with Gasteiger partial charge < -0.3 is 9.64 Å². The second-order valence-corrected chi connectivity index (χ2v) is 5.93. The first-order valence-corrected chi connectivity index (χ1v) is 7.61. The Labute approximate surface area is 151 Å². The lowest BCUT2D eigenvalue weighted by Crippen LogP contribution is -2.21. The first kappa shape index (κ1) is 20.6. The quantitative estimate of drug-likeness (QED) is 0.686. The fourth-order valence-electron chi connectivity index (χ4n) is 2.18. The van der Waals surface area contributed by atoms with Crippen LogP contribution < -0.4 is 4.74 Å². The first-order chi connectivity index (χ1) is 12.4. The van der Waals surface area contributed by atoms with E-state index in [1.807, 2.05) is 0 Å². The second kappa shape index (κ2) is 7.50. The molecule has 2 rings (SSSR count). The largest absolute Gasteiger partial charge is 0.489 e. The van der Waals surface area contributed by atoms with E-state index in [4.69, 9.17) is 4.74 Å². The summed E-state index contributed by atoms with van der Waals surface area (Å²) in [4.78, 5) is 13.1. The van der Waals surface area contributed by atoms with Gasteiger partial charge in [-0.2, -0.15) is 26.3 Å². The van der Waals surface area contributed by atoms with Crippen LogP contribution in [-0.4, -0.2) is 24.9 Å². The van der Waals surface area contributed by atoms with Crippen molar-refractivity contribution in [1.82, 2.24) is 4.90 Å². The Bertz CT molecular complexity index is 778. The smallest absolute Gasteiger partial charge is 0.416 e. The van der Waals surface area contributed by atoms with Gasteiger partial charge in [0.15, 0.2) is 0 Å². The summed E-state index contributed by atoms with van der Waals surface area (Å²) in [6, 6.07) is 7.07. The van der Waals surface area contributed by atoms with Crippen molar-refractivity contribution in [1.29, 1.82) is 0 Å². The van der Waals surface area contributed by atoms with E-state index in [0.29, 0.717) is 23.3 Å². The van der Waals surface area contributed by atoms with Crippen LogP contribution in [0, 0.1) is 0 Å². The highest BCUT2D eigenvalue weighted by Gasteiger charge is 2.37. The number of hydrogen-bond acceptors (Lipinski definition) is 2. The minimum absolute atomic E-state index is 0.0362. The molecule has 2 aromatic carbocycles. The number of amides is 1. The van der Waals surface area contributed by atoms with Crippen molar-refractivity contribution in [2.75, 3.05) is 14.1 Å². The van der Waals surface area contributed by atoms with Crippen molar-refractivity contribution >= 4 is 5.91 Å². The van der Waals surface area contributed by atoms with Crippen molar-refractivity contribution < 1.29 is 35.9 Å². The van der Waals surface area contributed by atoms with Gasteiger partial charge in [0.05, 0.1) is 11.1 Å². The van der Waals surface area contributed by atoms with E-state index in [0.717, 1.165) is 0 Å². The monoisotopic (exact) mass is 391 g/mol. The van der Waals surface area contributed by atoms with Crippen molar-refractivity contribution in [3.63, 3.8) is 0 Å². The SMILES string of the molecule is CN(C)C(=O)c1ccc(COc2cc(C(F)(F)F)cc(C(F)(F)F)c2)cc1. The van der Waals surface area contributed by atoms with E-state index in [2.05, 4.69) is 0 Å². The van der Waals surface area contributed by atoms with Crippen LogP contribution >= 0.6 is 0 Å². The molecule has 0 unspecified atom stereocenters. The topological polar surface area (TPSA) is 29.5 Å². The molecule has 0 N–H and O–H groups in total. The first-order valence-electron chi connectivity index (χ1n) is 7.61. The van der Waals surface area contributed by atoms with E-state index in [-0.39, 0.29) is 18.6 Å². The number of hydrogen-bond donors (Lipinski definition) is 0. The molecule has 0 atom stereocenters. The molecule has 0 radical (unpaired) electrons. The molecule has 0 saturated carbocycles. The molecule has 27 heavy (non-hydrogen) atoms. The van der Waals surface area contributed by atoms with Gasteiger partial charge >= 0.3 is 12.4 Å².